The summed E-state index contributed by atoms with van der Waals surface area (Å²) in [5, 5.41) is 9.23. The first-order chi connectivity index (χ1) is 9.52. The molecule has 0 bridgehead atoms. The normalized spacial score (nSPS) is 10.7. The Morgan fingerprint density at radius 3 is 2.40 bits per heavy atom. The number of aryl methyl sites for hydroxylation is 1. The minimum absolute atomic E-state index is 0.461. The van der Waals surface area contributed by atoms with Crippen LogP contribution in [0.1, 0.15) is 22.4 Å². The van der Waals surface area contributed by atoms with Gasteiger partial charge in [-0.3, -0.25) is 0 Å². The Morgan fingerprint density at radius 2 is 1.80 bits per heavy atom. The van der Waals surface area contributed by atoms with Crippen LogP contribution in [0.3, 0.4) is 0 Å². The third-order valence-corrected chi connectivity index (χ3v) is 3.71. The highest BCUT2D eigenvalue weighted by Crippen LogP contribution is 2.22. The first kappa shape index (κ1) is 14.8. The standard InChI is InChI=1S/C15H19ClN4/c1-10-11(2)18-19-15(14(10)8-17)20(3)9-12-4-6-13(16)7-5-12/h4-7H,8-9,17H2,1-3H3. The van der Waals surface area contributed by atoms with Crippen LogP contribution in [0.15, 0.2) is 24.3 Å². The molecule has 1 aromatic heterocycles. The Morgan fingerprint density at radius 1 is 1.15 bits per heavy atom. The number of anilines is 1. The predicted molar refractivity (Wildman–Crippen MR) is 83.0 cm³/mol. The minimum Gasteiger partial charge on any atom is -0.354 e. The summed E-state index contributed by atoms with van der Waals surface area (Å²) < 4.78 is 0. The zero-order valence-electron chi connectivity index (χ0n) is 12.0. The van der Waals surface area contributed by atoms with Crippen LogP contribution in [0.2, 0.25) is 5.02 Å². The molecule has 0 aliphatic rings. The van der Waals surface area contributed by atoms with Crippen LogP contribution in [0.4, 0.5) is 5.82 Å². The second-order valence-corrected chi connectivity index (χ2v) is 5.34. The molecule has 106 valence electrons. The summed E-state index contributed by atoms with van der Waals surface area (Å²) in [6.45, 7) is 5.18. The first-order valence-corrected chi connectivity index (χ1v) is 6.89. The highest BCUT2D eigenvalue weighted by atomic mass is 35.5. The Bertz CT molecular complexity index is 596. The Hall–Kier alpha value is -1.65. The minimum atomic E-state index is 0.461. The van der Waals surface area contributed by atoms with Gasteiger partial charge in [-0.15, -0.1) is 5.10 Å². The SMILES string of the molecule is Cc1nnc(N(C)Cc2ccc(Cl)cc2)c(CN)c1C. The Labute approximate surface area is 124 Å². The van der Waals surface area contributed by atoms with Gasteiger partial charge in [-0.25, -0.2) is 0 Å². The fourth-order valence-corrected chi connectivity index (χ4v) is 2.26. The molecule has 2 aromatic rings. The van der Waals surface area contributed by atoms with Gasteiger partial charge in [0.1, 0.15) is 0 Å². The number of hydrogen-bond acceptors (Lipinski definition) is 4. The number of benzene rings is 1. The number of nitrogens with zero attached hydrogens (tertiary/aromatic N) is 3. The van der Waals surface area contributed by atoms with E-state index in [-0.39, 0.29) is 0 Å². The Balaban J connectivity index is 2.27. The highest BCUT2D eigenvalue weighted by molar-refractivity contribution is 6.30. The monoisotopic (exact) mass is 290 g/mol. The van der Waals surface area contributed by atoms with Gasteiger partial charge in [0.2, 0.25) is 0 Å². The van der Waals surface area contributed by atoms with Gasteiger partial charge >= 0.3 is 0 Å². The van der Waals surface area contributed by atoms with Crippen molar-refractivity contribution < 1.29 is 0 Å². The van der Waals surface area contributed by atoms with Crippen LogP contribution in [-0.4, -0.2) is 17.2 Å². The largest absolute Gasteiger partial charge is 0.354 e. The van der Waals surface area contributed by atoms with Gasteiger partial charge in [-0.1, -0.05) is 23.7 Å². The highest BCUT2D eigenvalue weighted by Gasteiger charge is 2.13. The van der Waals surface area contributed by atoms with Crippen LogP contribution in [-0.2, 0) is 13.1 Å². The molecular weight excluding hydrogens is 272 g/mol. The van der Waals surface area contributed by atoms with Crippen molar-refractivity contribution >= 4 is 17.4 Å². The summed E-state index contributed by atoms with van der Waals surface area (Å²) in [4.78, 5) is 2.06. The van der Waals surface area contributed by atoms with Crippen LogP contribution in [0, 0.1) is 13.8 Å². The summed E-state index contributed by atoms with van der Waals surface area (Å²) in [5.74, 6) is 0.838. The van der Waals surface area contributed by atoms with Crippen LogP contribution < -0.4 is 10.6 Å². The number of halogens is 1. The molecule has 2 N–H and O–H groups in total. The molecule has 1 aromatic carbocycles. The zero-order valence-corrected chi connectivity index (χ0v) is 12.8. The summed E-state index contributed by atoms with van der Waals surface area (Å²) in [5.41, 5.74) is 10.1. The van der Waals surface area contributed by atoms with E-state index in [4.69, 9.17) is 17.3 Å². The van der Waals surface area contributed by atoms with Crippen LogP contribution in [0.25, 0.3) is 0 Å². The molecule has 0 fully saturated rings. The van der Waals surface area contributed by atoms with Crippen molar-refractivity contribution in [3.8, 4) is 0 Å². The van der Waals surface area contributed by atoms with E-state index in [1.165, 1.54) is 5.56 Å². The summed E-state index contributed by atoms with van der Waals surface area (Å²) >= 11 is 5.90. The first-order valence-electron chi connectivity index (χ1n) is 6.51. The second kappa shape index (κ2) is 6.20. The fourth-order valence-electron chi connectivity index (χ4n) is 2.13. The molecule has 0 amide bonds. The lowest BCUT2D eigenvalue weighted by Crippen LogP contribution is -2.22. The van der Waals surface area contributed by atoms with Gasteiger partial charge in [-0.05, 0) is 37.1 Å². The average molecular weight is 291 g/mol. The maximum absolute atomic E-state index is 5.90. The molecule has 20 heavy (non-hydrogen) atoms. The maximum Gasteiger partial charge on any atom is 0.156 e. The molecule has 4 nitrogen and oxygen atoms in total. The third kappa shape index (κ3) is 3.08. The van der Waals surface area contributed by atoms with Crippen molar-refractivity contribution in [1.29, 1.82) is 0 Å². The van der Waals surface area contributed by atoms with E-state index in [0.29, 0.717) is 6.54 Å². The molecule has 1 heterocycles. The lowest BCUT2D eigenvalue weighted by molar-refractivity contribution is 0.823. The molecule has 5 heteroatoms. The molecule has 0 atom stereocenters. The topological polar surface area (TPSA) is 55.0 Å². The smallest absolute Gasteiger partial charge is 0.156 e. The van der Waals surface area contributed by atoms with Gasteiger partial charge in [0, 0.05) is 30.7 Å². The average Bonchev–Trinajstić information content (AvgIpc) is 2.44. The fraction of sp³-hybridized carbons (Fsp3) is 0.333. The second-order valence-electron chi connectivity index (χ2n) is 4.90. The maximum atomic E-state index is 5.90. The third-order valence-electron chi connectivity index (χ3n) is 3.46. The molecule has 0 spiro atoms. The van der Waals surface area contributed by atoms with Crippen LogP contribution >= 0.6 is 11.6 Å². The summed E-state index contributed by atoms with van der Waals surface area (Å²) in [6.07, 6.45) is 0. The van der Waals surface area contributed by atoms with Crippen molar-refractivity contribution in [2.75, 3.05) is 11.9 Å². The summed E-state index contributed by atoms with van der Waals surface area (Å²) in [6, 6.07) is 7.80. The molecule has 0 aliphatic heterocycles. The summed E-state index contributed by atoms with van der Waals surface area (Å²) in [7, 11) is 1.99. The molecule has 0 aliphatic carbocycles. The van der Waals surface area contributed by atoms with E-state index < -0.39 is 0 Å². The number of aromatic nitrogens is 2. The predicted octanol–water partition coefficient (Wildman–Crippen LogP) is 2.84. The van der Waals surface area contributed by atoms with Gasteiger partial charge < -0.3 is 10.6 Å². The van der Waals surface area contributed by atoms with E-state index in [9.17, 15) is 0 Å². The molecule has 2 rings (SSSR count). The number of nitrogens with two attached hydrogens (primary N) is 1. The number of rotatable bonds is 4. The molecular formula is C15H19ClN4. The quantitative estimate of drug-likeness (QED) is 0.941. The van der Waals surface area contributed by atoms with Crippen molar-refractivity contribution in [2.45, 2.75) is 26.9 Å². The van der Waals surface area contributed by atoms with Gasteiger partial charge in [0.05, 0.1) is 5.69 Å². The molecule has 0 saturated heterocycles. The van der Waals surface area contributed by atoms with E-state index in [0.717, 1.165) is 34.2 Å². The molecule has 0 radical (unpaired) electrons. The lowest BCUT2D eigenvalue weighted by Gasteiger charge is -2.22. The van der Waals surface area contributed by atoms with Crippen molar-refractivity contribution in [3.05, 3.63) is 51.7 Å². The molecule has 0 unspecified atom stereocenters. The van der Waals surface area contributed by atoms with Gasteiger partial charge in [0.15, 0.2) is 5.82 Å². The van der Waals surface area contributed by atoms with Crippen molar-refractivity contribution in [1.82, 2.24) is 10.2 Å². The van der Waals surface area contributed by atoms with Crippen LogP contribution in [0.5, 0.6) is 0 Å². The lowest BCUT2D eigenvalue weighted by atomic mass is 10.1. The van der Waals surface area contributed by atoms with Crippen molar-refractivity contribution in [2.24, 2.45) is 5.73 Å². The van der Waals surface area contributed by atoms with E-state index >= 15 is 0 Å². The van der Waals surface area contributed by atoms with E-state index in [1.807, 2.05) is 45.2 Å². The van der Waals surface area contributed by atoms with Gasteiger partial charge in [-0.2, -0.15) is 5.10 Å². The van der Waals surface area contributed by atoms with Crippen molar-refractivity contribution in [3.63, 3.8) is 0 Å². The Kier molecular flexibility index (Phi) is 4.57. The molecule has 0 saturated carbocycles. The van der Waals surface area contributed by atoms with E-state index in [2.05, 4.69) is 15.1 Å². The van der Waals surface area contributed by atoms with Gasteiger partial charge in [0.25, 0.3) is 0 Å². The van der Waals surface area contributed by atoms with E-state index in [1.54, 1.807) is 0 Å². The number of hydrogen-bond donors (Lipinski definition) is 1. The zero-order chi connectivity index (χ0) is 14.7.